The van der Waals surface area contributed by atoms with Crippen molar-refractivity contribution in [2.75, 3.05) is 0 Å². The van der Waals surface area contributed by atoms with Crippen molar-refractivity contribution in [2.24, 2.45) is 0 Å². The molecular formula is C9H12O2S. The van der Waals surface area contributed by atoms with E-state index in [1.807, 2.05) is 19.2 Å². The van der Waals surface area contributed by atoms with Crippen molar-refractivity contribution < 1.29 is 9.90 Å². The molecule has 12 heavy (non-hydrogen) atoms. The molecule has 0 saturated carbocycles. The van der Waals surface area contributed by atoms with Crippen LogP contribution in [0.1, 0.15) is 28.8 Å². The van der Waals surface area contributed by atoms with Crippen molar-refractivity contribution in [3.8, 4) is 0 Å². The first-order chi connectivity index (χ1) is 5.54. The van der Waals surface area contributed by atoms with E-state index < -0.39 is 5.97 Å². The van der Waals surface area contributed by atoms with E-state index in [9.17, 15) is 4.79 Å². The topological polar surface area (TPSA) is 37.3 Å². The molecule has 0 spiro atoms. The van der Waals surface area contributed by atoms with Crippen LogP contribution in [-0.2, 0) is 4.79 Å². The Balaban J connectivity index is 3.08. The summed E-state index contributed by atoms with van der Waals surface area (Å²) in [6, 6.07) is 0. The molecule has 66 valence electrons. The number of thiophene rings is 1. The van der Waals surface area contributed by atoms with Gasteiger partial charge in [0, 0.05) is 4.88 Å². The lowest BCUT2D eigenvalue weighted by Gasteiger charge is -2.06. The van der Waals surface area contributed by atoms with Crippen LogP contribution in [0.5, 0.6) is 0 Å². The number of rotatable bonds is 2. The lowest BCUT2D eigenvalue weighted by molar-refractivity contribution is -0.138. The third-order valence-corrected chi connectivity index (χ3v) is 3.06. The highest BCUT2D eigenvalue weighted by Crippen LogP contribution is 2.28. The monoisotopic (exact) mass is 184 g/mol. The van der Waals surface area contributed by atoms with Gasteiger partial charge in [-0.25, -0.2) is 0 Å². The molecule has 1 heterocycles. The minimum absolute atomic E-state index is 0.378. The standard InChI is InChI=1S/C9H12O2S/c1-5-4-12-7(3)8(5)6(2)9(10)11/h4,6H,1-3H3,(H,10,11). The fourth-order valence-electron chi connectivity index (χ4n) is 1.35. The van der Waals surface area contributed by atoms with Crippen LogP contribution in [0, 0.1) is 13.8 Å². The molecule has 0 saturated heterocycles. The second-order valence-corrected chi connectivity index (χ2v) is 4.03. The molecule has 0 aromatic carbocycles. The average molecular weight is 184 g/mol. The van der Waals surface area contributed by atoms with Gasteiger partial charge in [-0.3, -0.25) is 4.79 Å². The second kappa shape index (κ2) is 3.27. The van der Waals surface area contributed by atoms with E-state index >= 15 is 0 Å². The maximum Gasteiger partial charge on any atom is 0.310 e. The first-order valence-electron chi connectivity index (χ1n) is 3.81. The zero-order valence-electron chi connectivity index (χ0n) is 7.42. The second-order valence-electron chi connectivity index (χ2n) is 2.95. The zero-order valence-corrected chi connectivity index (χ0v) is 8.23. The van der Waals surface area contributed by atoms with Crippen molar-refractivity contribution in [3.05, 3.63) is 21.4 Å². The number of hydrogen-bond acceptors (Lipinski definition) is 2. The van der Waals surface area contributed by atoms with Crippen LogP contribution >= 0.6 is 11.3 Å². The predicted molar refractivity (Wildman–Crippen MR) is 49.8 cm³/mol. The van der Waals surface area contributed by atoms with Gasteiger partial charge in [0.1, 0.15) is 0 Å². The molecule has 0 aliphatic carbocycles. The number of hydrogen-bond donors (Lipinski definition) is 1. The van der Waals surface area contributed by atoms with Crippen LogP contribution in [0.2, 0.25) is 0 Å². The van der Waals surface area contributed by atoms with Gasteiger partial charge in [0.05, 0.1) is 5.92 Å². The molecule has 1 aromatic heterocycles. The van der Waals surface area contributed by atoms with Crippen molar-refractivity contribution in [1.82, 2.24) is 0 Å². The lowest BCUT2D eigenvalue weighted by atomic mass is 9.99. The van der Waals surface area contributed by atoms with Gasteiger partial charge in [0.2, 0.25) is 0 Å². The summed E-state index contributed by atoms with van der Waals surface area (Å²) >= 11 is 1.61. The molecule has 0 bridgehead atoms. The molecule has 1 aromatic rings. The van der Waals surface area contributed by atoms with E-state index in [0.717, 1.165) is 16.0 Å². The highest BCUT2D eigenvalue weighted by Gasteiger charge is 2.18. The van der Waals surface area contributed by atoms with Crippen LogP contribution in [0.15, 0.2) is 5.38 Å². The number of carboxylic acid groups (broad SMARTS) is 1. The quantitative estimate of drug-likeness (QED) is 0.767. The highest BCUT2D eigenvalue weighted by molar-refractivity contribution is 7.10. The van der Waals surface area contributed by atoms with E-state index in [4.69, 9.17) is 5.11 Å². The summed E-state index contributed by atoms with van der Waals surface area (Å²) in [5.74, 6) is -1.13. The molecule has 1 unspecified atom stereocenters. The van der Waals surface area contributed by atoms with Crippen LogP contribution in [-0.4, -0.2) is 11.1 Å². The summed E-state index contributed by atoms with van der Waals surface area (Å²) in [5, 5.41) is 10.8. The largest absolute Gasteiger partial charge is 0.481 e. The number of carbonyl (C=O) groups is 1. The third-order valence-electron chi connectivity index (χ3n) is 2.02. The molecule has 0 fully saturated rings. The molecule has 0 amide bonds. The number of aryl methyl sites for hydroxylation is 2. The maximum atomic E-state index is 10.7. The minimum Gasteiger partial charge on any atom is -0.481 e. The van der Waals surface area contributed by atoms with E-state index in [1.165, 1.54) is 0 Å². The van der Waals surface area contributed by atoms with E-state index in [0.29, 0.717) is 0 Å². The van der Waals surface area contributed by atoms with Crippen molar-refractivity contribution >= 4 is 17.3 Å². The highest BCUT2D eigenvalue weighted by atomic mass is 32.1. The minimum atomic E-state index is -0.750. The van der Waals surface area contributed by atoms with Gasteiger partial charge in [-0.05, 0) is 37.3 Å². The van der Waals surface area contributed by atoms with Crippen LogP contribution in [0.25, 0.3) is 0 Å². The fourth-order valence-corrected chi connectivity index (χ4v) is 2.30. The Morgan fingerprint density at radius 1 is 1.58 bits per heavy atom. The van der Waals surface area contributed by atoms with Crippen molar-refractivity contribution in [1.29, 1.82) is 0 Å². The predicted octanol–water partition coefficient (Wildman–Crippen LogP) is 2.55. The number of carboxylic acids is 1. The average Bonchev–Trinajstić information content (AvgIpc) is 2.30. The Kier molecular flexibility index (Phi) is 2.52. The zero-order chi connectivity index (χ0) is 9.30. The van der Waals surface area contributed by atoms with Gasteiger partial charge < -0.3 is 5.11 Å². The molecule has 0 aliphatic rings. The van der Waals surface area contributed by atoms with E-state index in [1.54, 1.807) is 18.3 Å². The first kappa shape index (κ1) is 9.26. The SMILES string of the molecule is Cc1csc(C)c1C(C)C(=O)O. The Hall–Kier alpha value is -0.830. The fraction of sp³-hybridized carbons (Fsp3) is 0.444. The number of aliphatic carboxylic acids is 1. The maximum absolute atomic E-state index is 10.7. The summed E-state index contributed by atoms with van der Waals surface area (Å²) in [5.41, 5.74) is 2.07. The van der Waals surface area contributed by atoms with Gasteiger partial charge in [0.15, 0.2) is 0 Å². The Morgan fingerprint density at radius 2 is 2.17 bits per heavy atom. The molecule has 3 heteroatoms. The summed E-state index contributed by atoms with van der Waals surface area (Å²) in [4.78, 5) is 11.8. The molecule has 2 nitrogen and oxygen atoms in total. The lowest BCUT2D eigenvalue weighted by Crippen LogP contribution is -2.08. The van der Waals surface area contributed by atoms with Gasteiger partial charge >= 0.3 is 5.97 Å². The smallest absolute Gasteiger partial charge is 0.310 e. The van der Waals surface area contributed by atoms with Gasteiger partial charge in [-0.15, -0.1) is 11.3 Å². The molecule has 1 N–H and O–H groups in total. The molecule has 0 radical (unpaired) electrons. The van der Waals surface area contributed by atoms with Gasteiger partial charge in [-0.2, -0.15) is 0 Å². The van der Waals surface area contributed by atoms with Crippen molar-refractivity contribution in [2.45, 2.75) is 26.7 Å². The van der Waals surface area contributed by atoms with Crippen LogP contribution in [0.4, 0.5) is 0 Å². The Morgan fingerprint density at radius 3 is 2.50 bits per heavy atom. The van der Waals surface area contributed by atoms with E-state index in [2.05, 4.69) is 0 Å². The Bertz CT molecular complexity index is 282. The summed E-state index contributed by atoms with van der Waals surface area (Å²) < 4.78 is 0. The molecular weight excluding hydrogens is 172 g/mol. The first-order valence-corrected chi connectivity index (χ1v) is 4.69. The van der Waals surface area contributed by atoms with Crippen LogP contribution < -0.4 is 0 Å². The van der Waals surface area contributed by atoms with Crippen molar-refractivity contribution in [3.63, 3.8) is 0 Å². The van der Waals surface area contributed by atoms with Gasteiger partial charge in [-0.1, -0.05) is 0 Å². The van der Waals surface area contributed by atoms with Crippen LogP contribution in [0.3, 0.4) is 0 Å². The summed E-state index contributed by atoms with van der Waals surface area (Å²) in [6.45, 7) is 5.65. The summed E-state index contributed by atoms with van der Waals surface area (Å²) in [6.07, 6.45) is 0. The molecule has 0 aliphatic heterocycles. The molecule has 1 rings (SSSR count). The summed E-state index contributed by atoms with van der Waals surface area (Å²) in [7, 11) is 0. The Labute approximate surface area is 75.9 Å². The molecule has 1 atom stereocenters. The normalized spacial score (nSPS) is 12.9. The van der Waals surface area contributed by atoms with E-state index in [-0.39, 0.29) is 5.92 Å². The third kappa shape index (κ3) is 1.50. The van der Waals surface area contributed by atoms with Gasteiger partial charge in [0.25, 0.3) is 0 Å².